The van der Waals surface area contributed by atoms with Gasteiger partial charge in [0.1, 0.15) is 0 Å². The lowest BCUT2D eigenvalue weighted by Crippen LogP contribution is -2.40. The molecule has 2 aromatic carbocycles. The van der Waals surface area contributed by atoms with Crippen molar-refractivity contribution in [1.82, 2.24) is 0 Å². The molecule has 0 saturated heterocycles. The van der Waals surface area contributed by atoms with Gasteiger partial charge in [-0.15, -0.1) is 0 Å². The summed E-state index contributed by atoms with van der Waals surface area (Å²) in [6.45, 7) is 1.39. The third kappa shape index (κ3) is 3.19. The first-order valence-electron chi connectivity index (χ1n) is 6.98. The molecule has 0 saturated carbocycles. The summed E-state index contributed by atoms with van der Waals surface area (Å²) in [6.07, 6.45) is -0.913. The van der Waals surface area contributed by atoms with Gasteiger partial charge in [-0.25, -0.2) is 4.79 Å². The average molecular weight is 350 g/mol. The number of fused-ring (bicyclic) bond motifs is 1. The number of ketones is 1. The summed E-state index contributed by atoms with van der Waals surface area (Å²) in [4.78, 5) is 24.0. The highest BCUT2D eigenvalue weighted by molar-refractivity contribution is 6.31. The maximum absolute atomic E-state index is 12.1. The van der Waals surface area contributed by atoms with Gasteiger partial charge in [-0.2, -0.15) is 0 Å². The summed E-state index contributed by atoms with van der Waals surface area (Å²) in [7, 11) is 0. The number of carbonyl (C=O) groups is 2. The topological polar surface area (TPSA) is 55.4 Å². The highest BCUT2D eigenvalue weighted by atomic mass is 35.5. The Morgan fingerprint density at radius 1 is 1.09 bits per heavy atom. The van der Waals surface area contributed by atoms with Crippen molar-refractivity contribution in [2.75, 3.05) is 5.32 Å². The Morgan fingerprint density at radius 2 is 1.74 bits per heavy atom. The number of nitrogens with one attached hydrogen (secondary N) is 1. The van der Waals surface area contributed by atoms with Crippen molar-refractivity contribution in [2.45, 2.75) is 19.1 Å². The molecule has 23 heavy (non-hydrogen) atoms. The molecule has 1 aliphatic heterocycles. The minimum atomic E-state index is -0.913. The van der Waals surface area contributed by atoms with Crippen LogP contribution in [-0.4, -0.2) is 17.9 Å². The summed E-state index contributed by atoms with van der Waals surface area (Å²) in [6, 6.07) is 11.4. The summed E-state index contributed by atoms with van der Waals surface area (Å²) >= 11 is 11.9. The molecule has 0 aromatic heterocycles. The number of cyclic esters (lactones) is 1. The lowest BCUT2D eigenvalue weighted by Gasteiger charge is -2.32. The van der Waals surface area contributed by atoms with Crippen molar-refractivity contribution in [1.29, 1.82) is 0 Å². The molecule has 2 aromatic rings. The van der Waals surface area contributed by atoms with Gasteiger partial charge in [0.05, 0.1) is 11.6 Å². The monoisotopic (exact) mass is 349 g/mol. The molecule has 0 aliphatic carbocycles. The number of rotatable bonds is 3. The smallest absolute Gasteiger partial charge is 0.339 e. The van der Waals surface area contributed by atoms with Crippen molar-refractivity contribution in [2.24, 2.45) is 0 Å². The number of anilines is 1. The molecule has 1 aliphatic rings. The lowest BCUT2D eigenvalue weighted by atomic mass is 9.91. The minimum Gasteiger partial charge on any atom is -0.448 e. The van der Waals surface area contributed by atoms with Crippen LogP contribution < -0.4 is 5.32 Å². The highest BCUT2D eigenvalue weighted by Gasteiger charge is 2.38. The largest absolute Gasteiger partial charge is 0.448 e. The number of benzene rings is 2. The van der Waals surface area contributed by atoms with E-state index in [-0.39, 0.29) is 5.78 Å². The van der Waals surface area contributed by atoms with E-state index in [1.54, 1.807) is 42.5 Å². The predicted octanol–water partition coefficient (Wildman–Crippen LogP) is 4.27. The molecule has 0 spiro atoms. The third-order valence-corrected chi connectivity index (χ3v) is 4.16. The first kappa shape index (κ1) is 15.8. The van der Waals surface area contributed by atoms with Gasteiger partial charge < -0.3 is 10.1 Å². The fourth-order valence-electron chi connectivity index (χ4n) is 2.58. The average Bonchev–Trinajstić information content (AvgIpc) is 2.51. The molecule has 2 atom stereocenters. The van der Waals surface area contributed by atoms with Crippen LogP contribution in [0.25, 0.3) is 0 Å². The zero-order valence-corrected chi connectivity index (χ0v) is 13.7. The fourth-order valence-corrected chi connectivity index (χ4v) is 2.89. The molecular formula is C17H13Cl2NO3. The van der Waals surface area contributed by atoms with Gasteiger partial charge in [0, 0.05) is 15.7 Å². The number of carbonyl (C=O) groups excluding carboxylic acids is 2. The Hall–Kier alpha value is -2.04. The summed E-state index contributed by atoms with van der Waals surface area (Å²) < 4.78 is 5.30. The highest BCUT2D eigenvalue weighted by Crippen LogP contribution is 2.34. The van der Waals surface area contributed by atoms with Crippen molar-refractivity contribution >= 4 is 40.6 Å². The first-order valence-corrected chi connectivity index (χ1v) is 7.74. The van der Waals surface area contributed by atoms with Gasteiger partial charge in [-0.3, -0.25) is 4.79 Å². The molecule has 0 fully saturated rings. The minimum absolute atomic E-state index is 0.240. The molecule has 0 bridgehead atoms. The van der Waals surface area contributed by atoms with Crippen LogP contribution in [0.1, 0.15) is 28.9 Å². The van der Waals surface area contributed by atoms with Crippen molar-refractivity contribution in [3.05, 3.63) is 63.6 Å². The second-order valence-electron chi connectivity index (χ2n) is 5.30. The van der Waals surface area contributed by atoms with Crippen LogP contribution in [0.4, 0.5) is 5.69 Å². The van der Waals surface area contributed by atoms with Crippen molar-refractivity contribution in [3.63, 3.8) is 0 Å². The summed E-state index contributed by atoms with van der Waals surface area (Å²) in [5.41, 5.74) is 1.80. The van der Waals surface area contributed by atoms with E-state index in [1.807, 2.05) is 0 Å². The number of halogens is 2. The molecular weight excluding hydrogens is 337 g/mol. The van der Waals surface area contributed by atoms with Crippen molar-refractivity contribution < 1.29 is 14.3 Å². The maximum atomic E-state index is 12.1. The number of hydrogen-bond acceptors (Lipinski definition) is 4. The SMILES string of the molecule is CC(=O)[C@@H]1OC(=O)c2ccc(Cl)cc2[C@@H]1Nc1ccc(Cl)cc1. The third-order valence-electron chi connectivity index (χ3n) is 3.67. The van der Waals surface area contributed by atoms with Crippen LogP contribution in [-0.2, 0) is 9.53 Å². The molecule has 1 N–H and O–H groups in total. The second-order valence-corrected chi connectivity index (χ2v) is 6.17. The van der Waals surface area contributed by atoms with E-state index in [1.165, 1.54) is 6.92 Å². The van der Waals surface area contributed by atoms with Gasteiger partial charge in [0.2, 0.25) is 0 Å². The normalized spacial score (nSPS) is 19.7. The number of hydrogen-bond donors (Lipinski definition) is 1. The summed E-state index contributed by atoms with van der Waals surface area (Å²) in [5, 5.41) is 4.33. The Bertz CT molecular complexity index is 774. The van der Waals surface area contributed by atoms with Gasteiger partial charge in [-0.05, 0) is 55.0 Å². The molecule has 4 nitrogen and oxygen atoms in total. The fraction of sp³-hybridized carbons (Fsp3) is 0.176. The molecule has 118 valence electrons. The van der Waals surface area contributed by atoms with E-state index < -0.39 is 18.1 Å². The van der Waals surface area contributed by atoms with E-state index in [2.05, 4.69) is 5.32 Å². The van der Waals surface area contributed by atoms with E-state index in [0.717, 1.165) is 5.69 Å². The van der Waals surface area contributed by atoms with Crippen LogP contribution in [0.5, 0.6) is 0 Å². The van der Waals surface area contributed by atoms with E-state index in [0.29, 0.717) is 21.2 Å². The molecule has 3 rings (SSSR count). The Morgan fingerprint density at radius 3 is 2.39 bits per heavy atom. The Labute approximate surface area is 143 Å². The van der Waals surface area contributed by atoms with Gasteiger partial charge in [-0.1, -0.05) is 23.2 Å². The lowest BCUT2D eigenvalue weighted by molar-refractivity contribution is -0.126. The predicted molar refractivity (Wildman–Crippen MR) is 89.2 cm³/mol. The van der Waals surface area contributed by atoms with Crippen LogP contribution in [0.2, 0.25) is 10.0 Å². The number of ether oxygens (including phenoxy) is 1. The van der Waals surface area contributed by atoms with Crippen LogP contribution in [0.15, 0.2) is 42.5 Å². The Kier molecular flexibility index (Phi) is 4.28. The quantitative estimate of drug-likeness (QED) is 0.840. The van der Waals surface area contributed by atoms with Crippen LogP contribution in [0, 0.1) is 0 Å². The van der Waals surface area contributed by atoms with Crippen molar-refractivity contribution in [3.8, 4) is 0 Å². The molecule has 0 unspecified atom stereocenters. The van der Waals surface area contributed by atoms with E-state index in [9.17, 15) is 9.59 Å². The molecule has 6 heteroatoms. The van der Waals surface area contributed by atoms with E-state index in [4.69, 9.17) is 27.9 Å². The maximum Gasteiger partial charge on any atom is 0.339 e. The Balaban J connectivity index is 2.04. The summed E-state index contributed by atoms with van der Waals surface area (Å²) in [5.74, 6) is -0.763. The van der Waals surface area contributed by atoms with Crippen LogP contribution in [0.3, 0.4) is 0 Å². The van der Waals surface area contributed by atoms with Gasteiger partial charge in [0.15, 0.2) is 11.9 Å². The van der Waals surface area contributed by atoms with Crippen LogP contribution >= 0.6 is 23.2 Å². The number of Topliss-reactive ketones (excluding diaryl/α,β-unsaturated/α-hetero) is 1. The number of esters is 1. The van der Waals surface area contributed by atoms with Gasteiger partial charge in [0.25, 0.3) is 0 Å². The molecule has 0 amide bonds. The molecule has 1 heterocycles. The van der Waals surface area contributed by atoms with Gasteiger partial charge >= 0.3 is 5.97 Å². The zero-order valence-electron chi connectivity index (χ0n) is 12.2. The molecule has 0 radical (unpaired) electrons. The first-order chi connectivity index (χ1) is 11.0. The second kappa shape index (κ2) is 6.22. The standard InChI is InChI=1S/C17H13Cl2NO3/c1-9(21)16-15(20-12-5-2-10(18)3-6-12)14-8-11(19)4-7-13(14)17(22)23-16/h2-8,15-16,20H,1H3/t15-,16-/m0/s1. The van der Waals surface area contributed by atoms with E-state index >= 15 is 0 Å². The zero-order chi connectivity index (χ0) is 16.6.